The third-order valence-electron chi connectivity index (χ3n) is 6.20. The minimum Gasteiger partial charge on any atom is -0.377 e. The van der Waals surface area contributed by atoms with Crippen molar-refractivity contribution in [3.05, 3.63) is 66.2 Å². The summed E-state index contributed by atoms with van der Waals surface area (Å²) < 4.78 is 0. The zero-order chi connectivity index (χ0) is 18.7. The fourth-order valence-electron chi connectivity index (χ4n) is 4.27. The maximum Gasteiger partial charge on any atom is 0.183 e. The van der Waals surface area contributed by atoms with Crippen LogP contribution < -0.4 is 4.90 Å². The highest BCUT2D eigenvalue weighted by Crippen LogP contribution is 2.43. The Bertz CT molecular complexity index is 763. The van der Waals surface area contributed by atoms with Crippen molar-refractivity contribution in [2.75, 3.05) is 37.6 Å². The largest absolute Gasteiger partial charge is 0.377 e. The molecule has 2 aliphatic rings. The van der Waals surface area contributed by atoms with Crippen molar-refractivity contribution in [2.45, 2.75) is 24.9 Å². The second-order valence-electron chi connectivity index (χ2n) is 7.78. The maximum atomic E-state index is 13.2. The molecule has 1 aliphatic carbocycles. The number of piperazine rings is 1. The van der Waals surface area contributed by atoms with Gasteiger partial charge in [0.2, 0.25) is 0 Å². The number of hydrogen-bond donors (Lipinski definition) is 1. The number of nitrogens with zero attached hydrogens (tertiary/aromatic N) is 2. The van der Waals surface area contributed by atoms with Gasteiger partial charge < -0.3 is 10.0 Å². The zero-order valence-corrected chi connectivity index (χ0v) is 18.2. The highest BCUT2D eigenvalue weighted by Gasteiger charge is 2.47. The Labute approximate surface area is 185 Å². The van der Waals surface area contributed by atoms with Crippen LogP contribution in [0, 0.1) is 5.92 Å². The molecule has 1 atom stereocenters. The van der Waals surface area contributed by atoms with Crippen LogP contribution in [-0.4, -0.2) is 48.5 Å². The van der Waals surface area contributed by atoms with Crippen molar-refractivity contribution in [1.29, 1.82) is 0 Å². The summed E-state index contributed by atoms with van der Waals surface area (Å²) in [4.78, 5) is 17.8. The lowest BCUT2D eigenvalue weighted by molar-refractivity contribution is -0.150. The first-order chi connectivity index (χ1) is 13.2. The monoisotopic (exact) mass is 436 g/mol. The lowest BCUT2D eigenvalue weighted by Gasteiger charge is -2.42. The molecule has 1 aliphatic heterocycles. The molecule has 158 valence electrons. The third kappa shape index (κ3) is 4.95. The Balaban J connectivity index is 0.00000150. The van der Waals surface area contributed by atoms with Crippen molar-refractivity contribution in [2.24, 2.45) is 5.92 Å². The topological polar surface area (TPSA) is 43.8 Å². The van der Waals surface area contributed by atoms with Gasteiger partial charge in [-0.2, -0.15) is 0 Å². The number of benzene rings is 2. The molecule has 1 saturated carbocycles. The van der Waals surface area contributed by atoms with Crippen LogP contribution in [0.4, 0.5) is 5.69 Å². The van der Waals surface area contributed by atoms with E-state index in [0.717, 1.165) is 51.0 Å². The van der Waals surface area contributed by atoms with Gasteiger partial charge >= 0.3 is 0 Å². The average Bonchev–Trinajstić information content (AvgIpc) is 2.68. The van der Waals surface area contributed by atoms with E-state index in [0.29, 0.717) is 6.54 Å². The summed E-state index contributed by atoms with van der Waals surface area (Å²) in [6.45, 7) is 3.83. The number of Topliss-reactive ketones (excluding diaryl/α,β-unsaturated/α-hetero) is 1. The quantitative estimate of drug-likeness (QED) is 0.745. The van der Waals surface area contributed by atoms with E-state index in [9.17, 15) is 9.90 Å². The van der Waals surface area contributed by atoms with Gasteiger partial charge in [-0.3, -0.25) is 9.69 Å². The number of rotatable bonds is 6. The van der Waals surface area contributed by atoms with Gasteiger partial charge in [0.25, 0.3) is 0 Å². The molecule has 0 radical (unpaired) electrons. The predicted molar refractivity (Wildman–Crippen MR) is 122 cm³/mol. The predicted octanol–water partition coefficient (Wildman–Crippen LogP) is 3.91. The molecule has 0 spiro atoms. The van der Waals surface area contributed by atoms with Gasteiger partial charge in [0, 0.05) is 31.9 Å². The van der Waals surface area contributed by atoms with E-state index in [1.807, 2.05) is 36.4 Å². The second-order valence-corrected chi connectivity index (χ2v) is 7.78. The normalized spacial score (nSPS) is 19.3. The molecule has 4 nitrogen and oxygen atoms in total. The van der Waals surface area contributed by atoms with Crippen LogP contribution in [0.3, 0.4) is 0 Å². The molecule has 2 aromatic carbocycles. The number of carbonyl (C=O) groups excluding carboxylic acids is 1. The van der Waals surface area contributed by atoms with E-state index in [1.54, 1.807) is 0 Å². The van der Waals surface area contributed by atoms with Crippen molar-refractivity contribution < 1.29 is 9.90 Å². The Morgan fingerprint density at radius 3 is 1.97 bits per heavy atom. The van der Waals surface area contributed by atoms with Crippen molar-refractivity contribution >= 4 is 36.3 Å². The van der Waals surface area contributed by atoms with E-state index in [-0.39, 0.29) is 36.5 Å². The van der Waals surface area contributed by atoms with E-state index in [2.05, 4.69) is 34.1 Å². The van der Waals surface area contributed by atoms with Crippen molar-refractivity contribution in [3.63, 3.8) is 0 Å². The van der Waals surface area contributed by atoms with Crippen LogP contribution in [-0.2, 0) is 10.4 Å². The van der Waals surface area contributed by atoms with E-state index < -0.39 is 5.60 Å². The zero-order valence-electron chi connectivity index (χ0n) is 16.6. The second kappa shape index (κ2) is 10.4. The highest BCUT2D eigenvalue weighted by atomic mass is 35.5. The molecule has 0 amide bonds. The van der Waals surface area contributed by atoms with Crippen molar-refractivity contribution in [3.8, 4) is 0 Å². The van der Waals surface area contributed by atoms with E-state index in [4.69, 9.17) is 0 Å². The third-order valence-corrected chi connectivity index (χ3v) is 6.20. The van der Waals surface area contributed by atoms with Gasteiger partial charge in [-0.1, -0.05) is 55.0 Å². The summed E-state index contributed by atoms with van der Waals surface area (Å²) in [6, 6.07) is 19.9. The molecule has 2 fully saturated rings. The Morgan fingerprint density at radius 1 is 0.897 bits per heavy atom. The van der Waals surface area contributed by atoms with Gasteiger partial charge in [-0.15, -0.1) is 24.8 Å². The first-order valence-electron chi connectivity index (χ1n) is 10.0. The Hall–Kier alpha value is -1.59. The van der Waals surface area contributed by atoms with Gasteiger partial charge in [-0.05, 0) is 36.5 Å². The highest BCUT2D eigenvalue weighted by molar-refractivity contribution is 5.90. The molecular formula is C23H30Cl2N2O2. The molecule has 1 heterocycles. The fourth-order valence-corrected chi connectivity index (χ4v) is 4.27. The molecule has 0 aromatic heterocycles. The Kier molecular flexibility index (Phi) is 8.53. The summed E-state index contributed by atoms with van der Waals surface area (Å²) in [5.74, 6) is 0.00423. The molecule has 29 heavy (non-hydrogen) atoms. The van der Waals surface area contributed by atoms with E-state index in [1.165, 1.54) is 5.69 Å². The summed E-state index contributed by atoms with van der Waals surface area (Å²) in [5, 5.41) is 11.4. The number of anilines is 1. The van der Waals surface area contributed by atoms with Gasteiger partial charge in [-0.25, -0.2) is 0 Å². The van der Waals surface area contributed by atoms with E-state index >= 15 is 0 Å². The number of halogens is 2. The summed E-state index contributed by atoms with van der Waals surface area (Å²) >= 11 is 0. The maximum absolute atomic E-state index is 13.2. The number of aliphatic hydroxyl groups is 1. The van der Waals surface area contributed by atoms with Crippen LogP contribution in [0.1, 0.15) is 24.8 Å². The summed E-state index contributed by atoms with van der Waals surface area (Å²) in [6.07, 6.45) is 2.96. The molecule has 1 N–H and O–H groups in total. The molecular weight excluding hydrogens is 407 g/mol. The minimum absolute atomic E-state index is 0. The average molecular weight is 437 g/mol. The lowest BCUT2D eigenvalue weighted by Crippen LogP contribution is -2.53. The molecule has 4 rings (SSSR count). The minimum atomic E-state index is -1.34. The van der Waals surface area contributed by atoms with Crippen LogP contribution in [0.2, 0.25) is 0 Å². The molecule has 6 heteroatoms. The first kappa shape index (κ1) is 23.7. The summed E-state index contributed by atoms with van der Waals surface area (Å²) in [7, 11) is 0. The number of ketones is 1. The van der Waals surface area contributed by atoms with Gasteiger partial charge in [0.05, 0.1) is 6.54 Å². The van der Waals surface area contributed by atoms with Crippen molar-refractivity contribution in [1.82, 2.24) is 4.90 Å². The molecule has 0 bridgehead atoms. The van der Waals surface area contributed by atoms with Gasteiger partial charge in [0.1, 0.15) is 0 Å². The SMILES string of the molecule is Cl.Cl.O=C(CN1CCN(c2ccccc2)CC1)C(O)(c1ccccc1)C1CCC1. The number of hydrogen-bond acceptors (Lipinski definition) is 4. The fraction of sp³-hybridized carbons (Fsp3) is 0.435. The van der Waals surface area contributed by atoms with Crippen LogP contribution in [0.15, 0.2) is 60.7 Å². The van der Waals surface area contributed by atoms with Crippen LogP contribution >= 0.6 is 24.8 Å². The standard InChI is InChI=1S/C23H28N2O2.2ClH/c26-22(23(27,20-10-7-11-20)19-8-3-1-4-9-19)18-24-14-16-25(17-15-24)21-12-5-2-6-13-21;;/h1-6,8-9,12-13,20,27H,7,10-11,14-18H2;2*1H. The van der Waals surface area contributed by atoms with Gasteiger partial charge in [0.15, 0.2) is 11.4 Å². The lowest BCUT2D eigenvalue weighted by atomic mass is 9.67. The van der Waals surface area contributed by atoms with Crippen LogP contribution in [0.5, 0.6) is 0 Å². The molecule has 1 saturated heterocycles. The molecule has 2 aromatic rings. The first-order valence-corrected chi connectivity index (χ1v) is 10.0. The number of para-hydroxylation sites is 1. The number of carbonyl (C=O) groups is 1. The smallest absolute Gasteiger partial charge is 0.183 e. The Morgan fingerprint density at radius 2 is 1.45 bits per heavy atom. The van der Waals surface area contributed by atoms with Crippen LogP contribution in [0.25, 0.3) is 0 Å². The molecule has 1 unspecified atom stereocenters. The summed E-state index contributed by atoms with van der Waals surface area (Å²) in [5.41, 5.74) is 0.650.